The summed E-state index contributed by atoms with van der Waals surface area (Å²) >= 11 is 0. The average molecular weight is 269 g/mol. The molecule has 6 heteroatoms. The molecule has 0 atom stereocenters. The number of nitrogens with one attached hydrogen (secondary N) is 1. The van der Waals surface area contributed by atoms with Gasteiger partial charge < -0.3 is 5.32 Å². The molecule has 0 bridgehead atoms. The van der Waals surface area contributed by atoms with Crippen LogP contribution in [0.3, 0.4) is 0 Å². The zero-order valence-electron chi connectivity index (χ0n) is 11.6. The number of carbonyl (C=O) groups excluding carboxylic acids is 1. The molecule has 0 radical (unpaired) electrons. The number of carbonyl (C=O) groups is 1. The third-order valence-electron chi connectivity index (χ3n) is 2.70. The molecule has 0 fully saturated rings. The highest BCUT2D eigenvalue weighted by Gasteiger charge is 2.17. The Labute approximate surface area is 112 Å². The Morgan fingerprint density at radius 3 is 2.84 bits per heavy atom. The Morgan fingerprint density at radius 1 is 1.53 bits per heavy atom. The fraction of sp³-hybridized carbons (Fsp3) is 0.538. The predicted molar refractivity (Wildman–Crippen MR) is 71.5 cm³/mol. The van der Waals surface area contributed by atoms with Gasteiger partial charge in [-0.2, -0.15) is 0 Å². The standard InChI is InChI=1S/C13H20FN3O2/c1-4-5-8-15-12-11(13(18)17(2)19-3)7-6-10(9-14)16-12/h6-7H,4-5,8-9H2,1-3H3,(H,15,16). The largest absolute Gasteiger partial charge is 0.369 e. The lowest BCUT2D eigenvalue weighted by Gasteiger charge is -2.16. The minimum atomic E-state index is -0.656. The van der Waals surface area contributed by atoms with E-state index in [1.54, 1.807) is 6.07 Å². The molecule has 1 aromatic rings. The first-order valence-electron chi connectivity index (χ1n) is 6.26. The zero-order chi connectivity index (χ0) is 14.3. The first-order valence-corrected chi connectivity index (χ1v) is 6.26. The molecule has 1 aromatic heterocycles. The summed E-state index contributed by atoms with van der Waals surface area (Å²) in [6.45, 7) is 2.10. The number of unbranched alkanes of at least 4 members (excludes halogenated alkanes) is 1. The van der Waals surface area contributed by atoms with E-state index in [2.05, 4.69) is 17.2 Å². The highest BCUT2D eigenvalue weighted by Crippen LogP contribution is 2.16. The molecule has 1 rings (SSSR count). The summed E-state index contributed by atoms with van der Waals surface area (Å²) in [4.78, 5) is 21.0. The zero-order valence-corrected chi connectivity index (χ0v) is 11.6. The molecule has 19 heavy (non-hydrogen) atoms. The molecule has 0 aliphatic rings. The number of hydrogen-bond acceptors (Lipinski definition) is 4. The number of aromatic nitrogens is 1. The van der Waals surface area contributed by atoms with Crippen LogP contribution in [-0.2, 0) is 11.5 Å². The van der Waals surface area contributed by atoms with Crippen LogP contribution in [0.15, 0.2) is 12.1 Å². The van der Waals surface area contributed by atoms with E-state index >= 15 is 0 Å². The van der Waals surface area contributed by atoms with Gasteiger partial charge in [-0.05, 0) is 18.6 Å². The van der Waals surface area contributed by atoms with Gasteiger partial charge in [0.15, 0.2) is 0 Å². The third-order valence-corrected chi connectivity index (χ3v) is 2.70. The van der Waals surface area contributed by atoms with Crippen molar-refractivity contribution < 1.29 is 14.0 Å². The summed E-state index contributed by atoms with van der Waals surface area (Å²) in [5.74, 6) is 0.0805. The number of amides is 1. The topological polar surface area (TPSA) is 54.5 Å². The van der Waals surface area contributed by atoms with Gasteiger partial charge in [0.25, 0.3) is 5.91 Å². The van der Waals surface area contributed by atoms with Crippen molar-refractivity contribution in [1.82, 2.24) is 10.0 Å². The molecule has 0 spiro atoms. The van der Waals surface area contributed by atoms with E-state index in [0.717, 1.165) is 17.9 Å². The molecule has 0 aliphatic heterocycles. The molecule has 1 amide bonds. The monoisotopic (exact) mass is 269 g/mol. The van der Waals surface area contributed by atoms with Crippen LogP contribution in [0.4, 0.5) is 10.2 Å². The summed E-state index contributed by atoms with van der Waals surface area (Å²) in [6.07, 6.45) is 1.98. The van der Waals surface area contributed by atoms with Crippen molar-refractivity contribution in [3.05, 3.63) is 23.4 Å². The highest BCUT2D eigenvalue weighted by molar-refractivity contribution is 5.98. The number of halogens is 1. The number of alkyl halides is 1. The van der Waals surface area contributed by atoms with E-state index < -0.39 is 6.67 Å². The van der Waals surface area contributed by atoms with Crippen LogP contribution in [0.1, 0.15) is 35.8 Å². The van der Waals surface area contributed by atoms with E-state index in [4.69, 9.17) is 4.84 Å². The molecule has 0 unspecified atom stereocenters. The number of anilines is 1. The van der Waals surface area contributed by atoms with Crippen molar-refractivity contribution in [2.75, 3.05) is 26.0 Å². The van der Waals surface area contributed by atoms with E-state index in [9.17, 15) is 9.18 Å². The number of hydroxylamine groups is 2. The van der Waals surface area contributed by atoms with Crippen molar-refractivity contribution in [3.63, 3.8) is 0 Å². The summed E-state index contributed by atoms with van der Waals surface area (Å²) < 4.78 is 12.6. The summed E-state index contributed by atoms with van der Waals surface area (Å²) in [5, 5.41) is 4.18. The van der Waals surface area contributed by atoms with Gasteiger partial charge in [0.1, 0.15) is 12.5 Å². The van der Waals surface area contributed by atoms with Crippen molar-refractivity contribution in [2.45, 2.75) is 26.4 Å². The predicted octanol–water partition coefficient (Wildman–Crippen LogP) is 2.40. The van der Waals surface area contributed by atoms with Gasteiger partial charge in [0, 0.05) is 13.6 Å². The van der Waals surface area contributed by atoms with Gasteiger partial charge in [-0.1, -0.05) is 13.3 Å². The molecule has 0 saturated heterocycles. The average Bonchev–Trinajstić information content (AvgIpc) is 2.45. The van der Waals surface area contributed by atoms with Crippen LogP contribution in [0, 0.1) is 0 Å². The van der Waals surface area contributed by atoms with Gasteiger partial charge in [-0.15, -0.1) is 0 Å². The molecule has 0 aromatic carbocycles. The lowest BCUT2D eigenvalue weighted by atomic mass is 10.2. The van der Waals surface area contributed by atoms with Crippen LogP contribution in [0.2, 0.25) is 0 Å². The molecule has 106 valence electrons. The van der Waals surface area contributed by atoms with Crippen molar-refractivity contribution in [1.29, 1.82) is 0 Å². The van der Waals surface area contributed by atoms with Gasteiger partial charge in [0.05, 0.1) is 18.4 Å². The molecule has 0 saturated carbocycles. The Kier molecular flexibility index (Phi) is 6.21. The number of pyridine rings is 1. The molecule has 0 aliphatic carbocycles. The highest BCUT2D eigenvalue weighted by atomic mass is 19.1. The van der Waals surface area contributed by atoms with Gasteiger partial charge in [0.2, 0.25) is 0 Å². The van der Waals surface area contributed by atoms with Crippen LogP contribution in [0.25, 0.3) is 0 Å². The Bertz CT molecular complexity index is 426. The third kappa shape index (κ3) is 4.17. The van der Waals surface area contributed by atoms with Crippen LogP contribution < -0.4 is 5.32 Å². The number of rotatable bonds is 7. The number of nitrogens with zero attached hydrogens (tertiary/aromatic N) is 2. The fourth-order valence-electron chi connectivity index (χ4n) is 1.52. The van der Waals surface area contributed by atoms with Crippen LogP contribution in [-0.4, -0.2) is 36.7 Å². The lowest BCUT2D eigenvalue weighted by molar-refractivity contribution is -0.0756. The summed E-state index contributed by atoms with van der Waals surface area (Å²) in [7, 11) is 2.92. The Hall–Kier alpha value is -1.69. The van der Waals surface area contributed by atoms with Crippen LogP contribution in [0.5, 0.6) is 0 Å². The second kappa shape index (κ2) is 7.68. The minimum absolute atomic E-state index is 0.301. The van der Waals surface area contributed by atoms with Gasteiger partial charge >= 0.3 is 0 Å². The molecular weight excluding hydrogens is 249 g/mol. The van der Waals surface area contributed by atoms with Crippen molar-refractivity contribution in [3.8, 4) is 0 Å². The smallest absolute Gasteiger partial charge is 0.280 e. The van der Waals surface area contributed by atoms with Gasteiger partial charge in [-0.25, -0.2) is 14.4 Å². The Morgan fingerprint density at radius 2 is 2.26 bits per heavy atom. The van der Waals surface area contributed by atoms with E-state index in [0.29, 0.717) is 23.6 Å². The molecular formula is C13H20FN3O2. The summed E-state index contributed by atoms with van der Waals surface area (Å²) in [5.41, 5.74) is 0.674. The maximum absolute atomic E-state index is 12.6. The second-order valence-electron chi connectivity index (χ2n) is 4.10. The summed E-state index contributed by atoms with van der Waals surface area (Å²) in [6, 6.07) is 3.07. The lowest BCUT2D eigenvalue weighted by Crippen LogP contribution is -2.27. The second-order valence-corrected chi connectivity index (χ2v) is 4.10. The normalized spacial score (nSPS) is 10.3. The first-order chi connectivity index (χ1) is 9.13. The molecule has 5 nitrogen and oxygen atoms in total. The van der Waals surface area contributed by atoms with Crippen LogP contribution >= 0.6 is 0 Å². The van der Waals surface area contributed by atoms with Crippen molar-refractivity contribution >= 4 is 11.7 Å². The maximum Gasteiger partial charge on any atom is 0.280 e. The quantitative estimate of drug-likeness (QED) is 0.610. The minimum Gasteiger partial charge on any atom is -0.369 e. The fourth-order valence-corrected chi connectivity index (χ4v) is 1.52. The van der Waals surface area contributed by atoms with E-state index in [-0.39, 0.29) is 5.91 Å². The van der Waals surface area contributed by atoms with E-state index in [1.807, 2.05) is 0 Å². The SMILES string of the molecule is CCCCNc1nc(CF)ccc1C(=O)N(C)OC. The maximum atomic E-state index is 12.6. The molecule has 1 heterocycles. The van der Waals surface area contributed by atoms with Gasteiger partial charge in [-0.3, -0.25) is 9.63 Å². The van der Waals surface area contributed by atoms with E-state index in [1.165, 1.54) is 20.2 Å². The Balaban J connectivity index is 2.97. The van der Waals surface area contributed by atoms with Crippen molar-refractivity contribution in [2.24, 2.45) is 0 Å². The first kappa shape index (κ1) is 15.4. The number of hydrogen-bond donors (Lipinski definition) is 1. The molecule has 1 N–H and O–H groups in total.